The van der Waals surface area contributed by atoms with E-state index in [9.17, 15) is 14.9 Å². The Morgan fingerprint density at radius 2 is 1.66 bits per heavy atom. The van der Waals surface area contributed by atoms with Gasteiger partial charge >= 0.3 is 0 Å². The first-order chi connectivity index (χ1) is 15.4. The standard InChI is InChI=1S/C24H17BrN4O3/c1-14-2-10-18(11-3-14)28-23(16-6-12-19(13-7-16)29(31)32)20-21(26-27-22(20)24(28)30)15-4-8-17(25)9-5-15/h2-13,23H,1H3,(H,26,27)/t23-/m1/s1. The number of anilines is 1. The molecule has 1 aromatic heterocycles. The van der Waals surface area contributed by atoms with E-state index in [1.54, 1.807) is 17.0 Å². The quantitative estimate of drug-likeness (QED) is 0.290. The molecule has 0 saturated heterocycles. The van der Waals surface area contributed by atoms with E-state index in [-0.39, 0.29) is 11.6 Å². The zero-order valence-electron chi connectivity index (χ0n) is 16.9. The van der Waals surface area contributed by atoms with Crippen LogP contribution in [0, 0.1) is 17.0 Å². The minimum Gasteiger partial charge on any atom is -0.295 e. The average Bonchev–Trinajstić information content (AvgIpc) is 3.34. The fourth-order valence-electron chi connectivity index (χ4n) is 4.04. The minimum absolute atomic E-state index is 0.000472. The number of nitro groups is 1. The molecule has 1 amide bonds. The molecule has 1 aliphatic heterocycles. The third-order valence-electron chi connectivity index (χ3n) is 5.62. The van der Waals surface area contributed by atoms with E-state index in [2.05, 4.69) is 26.1 Å². The van der Waals surface area contributed by atoms with Gasteiger partial charge in [-0.15, -0.1) is 0 Å². The van der Waals surface area contributed by atoms with Crippen LogP contribution in [0.1, 0.15) is 33.2 Å². The van der Waals surface area contributed by atoms with E-state index in [1.165, 1.54) is 12.1 Å². The molecule has 1 aliphatic rings. The first-order valence-electron chi connectivity index (χ1n) is 9.93. The molecule has 5 rings (SSSR count). The summed E-state index contributed by atoms with van der Waals surface area (Å²) in [5, 5.41) is 18.5. The highest BCUT2D eigenvalue weighted by Crippen LogP contribution is 2.45. The third-order valence-corrected chi connectivity index (χ3v) is 6.15. The van der Waals surface area contributed by atoms with Gasteiger partial charge in [0.05, 0.1) is 16.7 Å². The number of rotatable bonds is 4. The predicted molar refractivity (Wildman–Crippen MR) is 125 cm³/mol. The van der Waals surface area contributed by atoms with Crippen molar-refractivity contribution in [1.29, 1.82) is 0 Å². The number of hydrogen-bond acceptors (Lipinski definition) is 4. The molecule has 32 heavy (non-hydrogen) atoms. The summed E-state index contributed by atoms with van der Waals surface area (Å²) in [5.41, 5.74) is 5.33. The molecule has 0 saturated carbocycles. The van der Waals surface area contributed by atoms with Crippen molar-refractivity contribution < 1.29 is 9.72 Å². The molecule has 0 spiro atoms. The number of aryl methyl sites for hydroxylation is 1. The number of benzene rings is 3. The highest BCUT2D eigenvalue weighted by molar-refractivity contribution is 9.10. The van der Waals surface area contributed by atoms with Gasteiger partial charge in [-0.1, -0.05) is 45.8 Å². The lowest BCUT2D eigenvalue weighted by Gasteiger charge is -2.26. The molecule has 1 atom stereocenters. The van der Waals surface area contributed by atoms with E-state index in [1.807, 2.05) is 55.5 Å². The number of nitro benzene ring substituents is 1. The molecule has 2 heterocycles. The number of carbonyl (C=O) groups is 1. The number of fused-ring (bicyclic) bond motifs is 1. The maximum Gasteiger partial charge on any atom is 0.277 e. The van der Waals surface area contributed by atoms with E-state index in [4.69, 9.17) is 0 Å². The number of nitrogens with one attached hydrogen (secondary N) is 1. The summed E-state index contributed by atoms with van der Waals surface area (Å²) in [7, 11) is 0. The fraction of sp³-hybridized carbons (Fsp3) is 0.0833. The van der Waals surface area contributed by atoms with Gasteiger partial charge < -0.3 is 0 Å². The van der Waals surface area contributed by atoms with Gasteiger partial charge in [0, 0.05) is 33.4 Å². The molecule has 158 valence electrons. The Kier molecular flexibility index (Phi) is 4.86. The second-order valence-electron chi connectivity index (χ2n) is 7.63. The minimum atomic E-state index is -0.474. The number of halogens is 1. The van der Waals surface area contributed by atoms with Gasteiger partial charge in [-0.05, 0) is 48.9 Å². The normalized spacial score (nSPS) is 15.1. The van der Waals surface area contributed by atoms with Crippen LogP contribution in [0.3, 0.4) is 0 Å². The fourth-order valence-corrected chi connectivity index (χ4v) is 4.30. The predicted octanol–water partition coefficient (Wildman–Crippen LogP) is 5.81. The van der Waals surface area contributed by atoms with Crippen molar-refractivity contribution in [1.82, 2.24) is 10.2 Å². The molecule has 0 radical (unpaired) electrons. The van der Waals surface area contributed by atoms with E-state index in [0.717, 1.165) is 32.4 Å². The number of nitrogens with zero attached hydrogens (tertiary/aromatic N) is 3. The maximum atomic E-state index is 13.5. The molecule has 8 heteroatoms. The zero-order chi connectivity index (χ0) is 22.4. The van der Waals surface area contributed by atoms with Crippen LogP contribution in [0.15, 0.2) is 77.3 Å². The van der Waals surface area contributed by atoms with Crippen LogP contribution in [-0.4, -0.2) is 21.0 Å². The van der Waals surface area contributed by atoms with Gasteiger partial charge in [0.1, 0.15) is 5.69 Å². The Balaban J connectivity index is 1.70. The number of non-ortho nitro benzene ring substituents is 1. The van der Waals surface area contributed by atoms with Crippen molar-refractivity contribution in [2.45, 2.75) is 13.0 Å². The summed E-state index contributed by atoms with van der Waals surface area (Å²) in [5.74, 6) is -0.192. The zero-order valence-corrected chi connectivity index (χ0v) is 18.5. The van der Waals surface area contributed by atoms with Gasteiger partial charge in [0.25, 0.3) is 11.6 Å². The molecular formula is C24H17BrN4O3. The van der Waals surface area contributed by atoms with Crippen LogP contribution < -0.4 is 4.90 Å². The van der Waals surface area contributed by atoms with E-state index in [0.29, 0.717) is 11.4 Å². The lowest BCUT2D eigenvalue weighted by atomic mass is 9.95. The Hall–Kier alpha value is -3.78. The molecule has 0 aliphatic carbocycles. The van der Waals surface area contributed by atoms with Crippen molar-refractivity contribution in [2.75, 3.05) is 4.90 Å². The first kappa shape index (κ1) is 20.1. The van der Waals surface area contributed by atoms with Crippen LogP contribution in [-0.2, 0) is 0 Å². The van der Waals surface area contributed by atoms with Gasteiger partial charge in [0.2, 0.25) is 0 Å². The highest BCUT2D eigenvalue weighted by atomic mass is 79.9. The lowest BCUT2D eigenvalue weighted by Crippen LogP contribution is -2.29. The lowest BCUT2D eigenvalue weighted by molar-refractivity contribution is -0.384. The molecular weight excluding hydrogens is 472 g/mol. The molecule has 0 bridgehead atoms. The summed E-state index contributed by atoms with van der Waals surface area (Å²) in [4.78, 5) is 25.9. The van der Waals surface area contributed by atoms with Crippen molar-refractivity contribution in [3.05, 3.63) is 110 Å². The summed E-state index contributed by atoms with van der Waals surface area (Å²) >= 11 is 3.45. The summed E-state index contributed by atoms with van der Waals surface area (Å²) in [6.45, 7) is 1.99. The Bertz CT molecular complexity index is 1330. The summed E-state index contributed by atoms with van der Waals surface area (Å²) in [6, 6.07) is 21.3. The van der Waals surface area contributed by atoms with Gasteiger partial charge in [-0.2, -0.15) is 5.10 Å². The maximum absolute atomic E-state index is 13.5. The van der Waals surface area contributed by atoms with Crippen LogP contribution in [0.25, 0.3) is 11.3 Å². The Labute approximate surface area is 192 Å². The molecule has 4 aromatic rings. The van der Waals surface area contributed by atoms with Crippen molar-refractivity contribution in [3.8, 4) is 11.3 Å². The number of carbonyl (C=O) groups excluding carboxylic acids is 1. The van der Waals surface area contributed by atoms with Crippen LogP contribution in [0.5, 0.6) is 0 Å². The molecule has 0 unspecified atom stereocenters. The van der Waals surface area contributed by atoms with Gasteiger partial charge in [-0.25, -0.2) is 0 Å². The topological polar surface area (TPSA) is 92.1 Å². The number of hydrogen-bond donors (Lipinski definition) is 1. The smallest absolute Gasteiger partial charge is 0.277 e. The third kappa shape index (κ3) is 3.29. The number of H-pyrrole nitrogens is 1. The average molecular weight is 489 g/mol. The highest BCUT2D eigenvalue weighted by Gasteiger charge is 2.43. The van der Waals surface area contributed by atoms with Gasteiger partial charge in [-0.3, -0.25) is 24.9 Å². The molecule has 0 fully saturated rings. The first-order valence-corrected chi connectivity index (χ1v) is 10.7. The Morgan fingerprint density at radius 1 is 1.00 bits per heavy atom. The summed E-state index contributed by atoms with van der Waals surface area (Å²) < 4.78 is 0.942. The van der Waals surface area contributed by atoms with Crippen molar-refractivity contribution >= 4 is 33.2 Å². The SMILES string of the molecule is Cc1ccc(N2C(=O)c3[nH]nc(-c4ccc(Br)cc4)c3[C@H]2c2ccc([N+](=O)[O-])cc2)cc1. The molecule has 1 N–H and O–H groups in total. The van der Waals surface area contributed by atoms with Gasteiger partial charge in [0.15, 0.2) is 0 Å². The monoisotopic (exact) mass is 488 g/mol. The Morgan fingerprint density at radius 3 is 2.28 bits per heavy atom. The van der Waals surface area contributed by atoms with Crippen molar-refractivity contribution in [2.24, 2.45) is 0 Å². The second kappa shape index (κ2) is 7.72. The summed E-state index contributed by atoms with van der Waals surface area (Å²) in [6.07, 6.45) is 0. The number of aromatic nitrogens is 2. The number of aromatic amines is 1. The van der Waals surface area contributed by atoms with E-state index < -0.39 is 11.0 Å². The van der Waals surface area contributed by atoms with Crippen LogP contribution in [0.4, 0.5) is 11.4 Å². The van der Waals surface area contributed by atoms with Crippen molar-refractivity contribution in [3.63, 3.8) is 0 Å². The van der Waals surface area contributed by atoms with Crippen LogP contribution >= 0.6 is 15.9 Å². The molecule has 3 aromatic carbocycles. The second-order valence-corrected chi connectivity index (χ2v) is 8.55. The molecule has 7 nitrogen and oxygen atoms in total. The van der Waals surface area contributed by atoms with Crippen LogP contribution in [0.2, 0.25) is 0 Å². The van der Waals surface area contributed by atoms with E-state index >= 15 is 0 Å². The largest absolute Gasteiger partial charge is 0.295 e. The number of amides is 1.